The summed E-state index contributed by atoms with van der Waals surface area (Å²) in [6, 6.07) is 5.20. The zero-order chi connectivity index (χ0) is 20.6. The van der Waals surface area contributed by atoms with Crippen molar-refractivity contribution in [2.24, 2.45) is 12.5 Å². The van der Waals surface area contributed by atoms with Gasteiger partial charge in [0.05, 0.1) is 11.0 Å². The molecule has 29 heavy (non-hydrogen) atoms. The third-order valence-electron chi connectivity index (χ3n) is 8.69. The average Bonchev–Trinajstić information content (AvgIpc) is 2.97. The van der Waals surface area contributed by atoms with Crippen LogP contribution in [-0.4, -0.2) is 51.1 Å². The Morgan fingerprint density at radius 3 is 2.55 bits per heavy atom. The van der Waals surface area contributed by atoms with Crippen LogP contribution in [0.15, 0.2) is 12.1 Å². The molecule has 0 saturated carbocycles. The molecule has 3 heterocycles. The molecule has 0 unspecified atom stereocenters. The lowest BCUT2D eigenvalue weighted by molar-refractivity contribution is -0.0241. The molecule has 1 aliphatic carbocycles. The van der Waals surface area contributed by atoms with Crippen LogP contribution in [0.4, 0.5) is 4.79 Å². The predicted molar refractivity (Wildman–Crippen MR) is 116 cm³/mol. The van der Waals surface area contributed by atoms with Gasteiger partial charge in [-0.25, -0.2) is 9.78 Å². The second-order valence-electron chi connectivity index (χ2n) is 10.3. The Morgan fingerprint density at radius 2 is 1.83 bits per heavy atom. The van der Waals surface area contributed by atoms with Crippen molar-refractivity contribution in [3.8, 4) is 0 Å². The van der Waals surface area contributed by atoms with E-state index >= 15 is 0 Å². The summed E-state index contributed by atoms with van der Waals surface area (Å²) in [5.41, 5.74) is 5.27. The molecule has 2 amide bonds. The first-order chi connectivity index (χ1) is 13.7. The summed E-state index contributed by atoms with van der Waals surface area (Å²) in [5, 5.41) is 0. The van der Waals surface area contributed by atoms with E-state index < -0.39 is 0 Å². The van der Waals surface area contributed by atoms with Crippen LogP contribution in [0.5, 0.6) is 0 Å². The highest BCUT2D eigenvalue weighted by atomic mass is 16.2. The van der Waals surface area contributed by atoms with Crippen LogP contribution in [0.3, 0.4) is 0 Å². The van der Waals surface area contributed by atoms with Gasteiger partial charge in [0.25, 0.3) is 0 Å². The van der Waals surface area contributed by atoms with Gasteiger partial charge in [-0.3, -0.25) is 0 Å². The number of piperidine rings is 2. The van der Waals surface area contributed by atoms with E-state index in [0.29, 0.717) is 0 Å². The lowest BCUT2D eigenvalue weighted by Crippen LogP contribution is -2.66. The van der Waals surface area contributed by atoms with Crippen molar-refractivity contribution in [2.75, 3.05) is 19.6 Å². The van der Waals surface area contributed by atoms with E-state index in [1.165, 1.54) is 23.1 Å². The van der Waals surface area contributed by atoms with Crippen molar-refractivity contribution in [1.82, 2.24) is 19.4 Å². The van der Waals surface area contributed by atoms with Crippen molar-refractivity contribution in [1.29, 1.82) is 0 Å². The highest BCUT2D eigenvalue weighted by Crippen LogP contribution is 2.56. The van der Waals surface area contributed by atoms with Crippen molar-refractivity contribution < 1.29 is 4.79 Å². The fourth-order valence-electron chi connectivity index (χ4n) is 6.22. The van der Waals surface area contributed by atoms with Gasteiger partial charge in [-0.2, -0.15) is 0 Å². The number of likely N-dealkylation sites (tertiary alicyclic amines) is 2. The Morgan fingerprint density at radius 1 is 1.10 bits per heavy atom. The molecule has 2 bridgehead atoms. The molecule has 2 saturated heterocycles. The van der Waals surface area contributed by atoms with E-state index in [-0.39, 0.29) is 22.9 Å². The number of carbonyl (C=O) groups excluding carboxylic acids is 1. The average molecular weight is 395 g/mol. The van der Waals surface area contributed by atoms with Crippen LogP contribution < -0.4 is 0 Å². The number of carbonyl (C=O) groups is 1. The van der Waals surface area contributed by atoms with Gasteiger partial charge < -0.3 is 14.4 Å². The van der Waals surface area contributed by atoms with Gasteiger partial charge in [0.1, 0.15) is 5.82 Å². The topological polar surface area (TPSA) is 41.4 Å². The number of benzene rings is 1. The van der Waals surface area contributed by atoms with E-state index in [2.05, 4.69) is 61.2 Å². The van der Waals surface area contributed by atoms with E-state index in [4.69, 9.17) is 4.98 Å². The lowest BCUT2D eigenvalue weighted by Gasteiger charge is -2.61. The normalized spacial score (nSPS) is 28.5. The number of nitrogens with zero attached hydrogens (tertiary/aromatic N) is 4. The van der Waals surface area contributed by atoms with Crippen LogP contribution >= 0.6 is 0 Å². The zero-order valence-electron chi connectivity index (χ0n) is 18.6. The van der Waals surface area contributed by atoms with Crippen LogP contribution in [0.1, 0.15) is 63.4 Å². The van der Waals surface area contributed by atoms with Crippen LogP contribution in [0, 0.1) is 12.3 Å². The number of fused-ring (bicyclic) bond motifs is 5. The van der Waals surface area contributed by atoms with Crippen LogP contribution in [0.2, 0.25) is 0 Å². The van der Waals surface area contributed by atoms with E-state index in [0.717, 1.165) is 56.7 Å². The highest BCUT2D eigenvalue weighted by molar-refractivity contribution is 5.80. The Balaban J connectivity index is 1.58. The number of aromatic nitrogens is 2. The van der Waals surface area contributed by atoms with Crippen molar-refractivity contribution >= 4 is 17.1 Å². The molecule has 5 heteroatoms. The first-order valence-corrected chi connectivity index (χ1v) is 11.3. The molecule has 0 radical (unpaired) electrons. The molecular weight excluding hydrogens is 360 g/mol. The van der Waals surface area contributed by atoms with Crippen LogP contribution in [-0.2, 0) is 18.9 Å². The molecule has 3 aliphatic rings. The summed E-state index contributed by atoms with van der Waals surface area (Å²) < 4.78 is 2.20. The molecule has 5 nitrogen and oxygen atoms in total. The number of aryl methyl sites for hydroxylation is 2. The minimum Gasteiger partial charge on any atom is -0.331 e. The van der Waals surface area contributed by atoms with Crippen LogP contribution in [0.25, 0.3) is 11.0 Å². The minimum atomic E-state index is 0.0327. The molecule has 156 valence electrons. The first kappa shape index (κ1) is 19.0. The molecule has 5 rings (SSSR count). The number of rotatable bonds is 0. The number of hydrogen-bond donors (Lipinski definition) is 0. The molecule has 2 atom stereocenters. The molecule has 0 spiro atoms. The fraction of sp³-hybridized carbons (Fsp3) is 0.667. The number of urea groups is 1. The lowest BCUT2D eigenvalue weighted by atomic mass is 9.51. The largest absolute Gasteiger partial charge is 0.331 e. The van der Waals surface area contributed by atoms with Crippen molar-refractivity contribution in [3.63, 3.8) is 0 Å². The van der Waals surface area contributed by atoms with Gasteiger partial charge in [-0.05, 0) is 67.7 Å². The van der Waals surface area contributed by atoms with Gasteiger partial charge in [-0.15, -0.1) is 0 Å². The molecule has 2 aromatic rings. The highest BCUT2D eigenvalue weighted by Gasteiger charge is 2.57. The SMILES string of the molecule is Cc1nc2cc3c(cc2n1C)[C@]1(C)CCN(C(=O)N2CCCCC2)[C@H](C3)C1(C)C. The summed E-state index contributed by atoms with van der Waals surface area (Å²) in [5.74, 6) is 1.05. The Hall–Kier alpha value is -2.04. The maximum absolute atomic E-state index is 13.5. The maximum Gasteiger partial charge on any atom is 0.320 e. The van der Waals surface area contributed by atoms with E-state index in [1.807, 2.05) is 0 Å². The predicted octanol–water partition coefficient (Wildman–Crippen LogP) is 4.40. The Kier molecular flexibility index (Phi) is 4.07. The fourth-order valence-corrected chi connectivity index (χ4v) is 6.22. The van der Waals surface area contributed by atoms with Gasteiger partial charge in [0, 0.05) is 38.1 Å². The summed E-state index contributed by atoms with van der Waals surface area (Å²) in [6.07, 6.45) is 5.49. The maximum atomic E-state index is 13.5. The third-order valence-corrected chi connectivity index (χ3v) is 8.69. The molecular formula is C24H34N4O. The molecule has 2 aliphatic heterocycles. The minimum absolute atomic E-state index is 0.0327. The molecule has 1 aromatic carbocycles. The molecule has 2 fully saturated rings. The van der Waals surface area contributed by atoms with Gasteiger partial charge >= 0.3 is 6.03 Å². The quantitative estimate of drug-likeness (QED) is 0.664. The van der Waals surface area contributed by atoms with Gasteiger partial charge in [0.2, 0.25) is 0 Å². The standard InChI is InChI=1S/C24H34N4O/c1-16-25-19-13-17-14-21-23(2,3)24(4,18(17)15-20(19)26(16)5)9-12-28(21)22(29)27-10-7-6-8-11-27/h13,15,21H,6-12,14H2,1-5H3/t21-,24+/m1/s1. The van der Waals surface area contributed by atoms with Crippen molar-refractivity contribution in [3.05, 3.63) is 29.1 Å². The number of amides is 2. The number of imidazole rings is 1. The second kappa shape index (κ2) is 6.23. The summed E-state index contributed by atoms with van der Waals surface area (Å²) in [6.45, 7) is 12.0. The summed E-state index contributed by atoms with van der Waals surface area (Å²) in [4.78, 5) is 22.5. The summed E-state index contributed by atoms with van der Waals surface area (Å²) in [7, 11) is 2.11. The molecule has 1 aromatic heterocycles. The molecule has 0 N–H and O–H groups in total. The Labute approximate surface area is 174 Å². The van der Waals surface area contributed by atoms with E-state index in [1.54, 1.807) is 0 Å². The second-order valence-corrected chi connectivity index (χ2v) is 10.3. The van der Waals surface area contributed by atoms with Crippen molar-refractivity contribution in [2.45, 2.75) is 71.3 Å². The van der Waals surface area contributed by atoms with Gasteiger partial charge in [-0.1, -0.05) is 20.8 Å². The Bertz CT molecular complexity index is 984. The monoisotopic (exact) mass is 394 g/mol. The van der Waals surface area contributed by atoms with E-state index in [9.17, 15) is 4.79 Å². The smallest absolute Gasteiger partial charge is 0.320 e. The first-order valence-electron chi connectivity index (χ1n) is 11.3. The van der Waals surface area contributed by atoms with Gasteiger partial charge in [0.15, 0.2) is 0 Å². The number of hydrogen-bond acceptors (Lipinski definition) is 2. The third kappa shape index (κ3) is 2.52. The summed E-state index contributed by atoms with van der Waals surface area (Å²) >= 11 is 0. The zero-order valence-corrected chi connectivity index (χ0v) is 18.6.